The number of rotatable bonds is 5. The molecule has 0 N–H and O–H groups in total. The van der Waals surface area contributed by atoms with Crippen LogP contribution in [0.2, 0.25) is 0 Å². The summed E-state index contributed by atoms with van der Waals surface area (Å²) < 4.78 is 0. The Labute approximate surface area is 182 Å². The van der Waals surface area contributed by atoms with Crippen molar-refractivity contribution in [3.05, 3.63) is 64.4 Å². The van der Waals surface area contributed by atoms with Gasteiger partial charge in [0.2, 0.25) is 11.8 Å². The van der Waals surface area contributed by atoms with Gasteiger partial charge in [0.15, 0.2) is 0 Å². The first-order chi connectivity index (χ1) is 14.7. The third-order valence-electron chi connectivity index (χ3n) is 6.02. The molecule has 0 atom stereocenters. The molecule has 0 bridgehead atoms. The van der Waals surface area contributed by atoms with E-state index in [0.29, 0.717) is 13.1 Å². The Morgan fingerprint density at radius 2 is 1.63 bits per heavy atom. The first-order valence-electron chi connectivity index (χ1n) is 10.7. The molecular formula is C24H29N3O2S. The van der Waals surface area contributed by atoms with Gasteiger partial charge in [-0.1, -0.05) is 36.4 Å². The number of hydrogen-bond donors (Lipinski definition) is 0. The Kier molecular flexibility index (Phi) is 6.97. The molecule has 4 rings (SSSR count). The lowest BCUT2D eigenvalue weighted by Gasteiger charge is -2.38. The van der Waals surface area contributed by atoms with Crippen LogP contribution in [0.4, 0.5) is 0 Å². The van der Waals surface area contributed by atoms with Gasteiger partial charge in [0.1, 0.15) is 0 Å². The molecule has 0 unspecified atom stereocenters. The maximum absolute atomic E-state index is 13.0. The Morgan fingerprint density at radius 3 is 2.30 bits per heavy atom. The molecule has 1 aromatic carbocycles. The number of carbonyl (C=O) groups is 2. The van der Waals surface area contributed by atoms with Gasteiger partial charge in [-0.3, -0.25) is 14.5 Å². The monoisotopic (exact) mass is 423 g/mol. The molecule has 3 heterocycles. The fraction of sp³-hybridized carbons (Fsp3) is 0.417. The normalized spacial score (nSPS) is 18.8. The van der Waals surface area contributed by atoms with Crippen LogP contribution in [0, 0.1) is 5.92 Å². The summed E-state index contributed by atoms with van der Waals surface area (Å²) in [5.74, 6) is 0.362. The highest BCUT2D eigenvalue weighted by Crippen LogP contribution is 2.22. The van der Waals surface area contributed by atoms with E-state index in [4.69, 9.17) is 0 Å². The first-order valence-corrected chi connectivity index (χ1v) is 11.6. The summed E-state index contributed by atoms with van der Waals surface area (Å²) in [5.41, 5.74) is 1.02. The van der Waals surface area contributed by atoms with Crippen LogP contribution in [0.5, 0.6) is 0 Å². The van der Waals surface area contributed by atoms with E-state index in [0.717, 1.165) is 51.1 Å². The van der Waals surface area contributed by atoms with Gasteiger partial charge in [-0.05, 0) is 35.9 Å². The quantitative estimate of drug-likeness (QED) is 0.693. The molecule has 6 heteroatoms. The zero-order chi connectivity index (χ0) is 20.8. The molecule has 2 saturated heterocycles. The first kappa shape index (κ1) is 20.8. The number of thiophene rings is 1. The molecule has 2 fully saturated rings. The van der Waals surface area contributed by atoms with Gasteiger partial charge in [-0.15, -0.1) is 11.3 Å². The summed E-state index contributed by atoms with van der Waals surface area (Å²) in [6.45, 7) is 5.79. The van der Waals surface area contributed by atoms with Gasteiger partial charge in [-0.25, -0.2) is 0 Å². The molecule has 0 radical (unpaired) electrons. The minimum absolute atomic E-state index is 0.0342. The van der Waals surface area contributed by atoms with Crippen molar-refractivity contribution in [3.63, 3.8) is 0 Å². The molecular weight excluding hydrogens is 394 g/mol. The van der Waals surface area contributed by atoms with E-state index in [1.165, 1.54) is 4.88 Å². The SMILES string of the molecule is O=C(C=Cc1ccccc1)N1CCC(C(=O)N2CCN(Cc3cccs3)CC2)CC1. The van der Waals surface area contributed by atoms with Crippen LogP contribution < -0.4 is 0 Å². The summed E-state index contributed by atoms with van der Waals surface area (Å²) in [5, 5.41) is 2.11. The predicted molar refractivity (Wildman–Crippen MR) is 121 cm³/mol. The summed E-state index contributed by atoms with van der Waals surface area (Å²) >= 11 is 1.79. The van der Waals surface area contributed by atoms with Crippen molar-refractivity contribution < 1.29 is 9.59 Å². The summed E-state index contributed by atoms with van der Waals surface area (Å²) in [6, 6.07) is 14.1. The zero-order valence-corrected chi connectivity index (χ0v) is 18.1. The Bertz CT molecular complexity index is 850. The second-order valence-electron chi connectivity index (χ2n) is 8.02. The maximum atomic E-state index is 13.0. The Morgan fingerprint density at radius 1 is 0.900 bits per heavy atom. The molecule has 2 aliphatic rings. The van der Waals surface area contributed by atoms with Crippen LogP contribution >= 0.6 is 11.3 Å². The van der Waals surface area contributed by atoms with Gasteiger partial charge in [0.05, 0.1) is 0 Å². The van der Waals surface area contributed by atoms with E-state index in [-0.39, 0.29) is 17.7 Å². The average molecular weight is 424 g/mol. The molecule has 5 nitrogen and oxygen atoms in total. The highest BCUT2D eigenvalue weighted by Gasteiger charge is 2.31. The van der Waals surface area contributed by atoms with Crippen molar-refractivity contribution in [2.45, 2.75) is 19.4 Å². The number of hydrogen-bond acceptors (Lipinski definition) is 4. The van der Waals surface area contributed by atoms with E-state index in [1.807, 2.05) is 46.2 Å². The number of nitrogens with zero attached hydrogens (tertiary/aromatic N) is 3. The lowest BCUT2D eigenvalue weighted by molar-refractivity contribution is -0.140. The number of piperidine rings is 1. The summed E-state index contributed by atoms with van der Waals surface area (Å²) in [4.78, 5) is 33.1. The zero-order valence-electron chi connectivity index (χ0n) is 17.3. The van der Waals surface area contributed by atoms with Crippen LogP contribution in [0.25, 0.3) is 6.08 Å². The van der Waals surface area contributed by atoms with Crippen LogP contribution in [0.3, 0.4) is 0 Å². The van der Waals surface area contributed by atoms with E-state index in [2.05, 4.69) is 22.4 Å². The van der Waals surface area contributed by atoms with Gasteiger partial charge in [0, 0.05) is 62.7 Å². The van der Waals surface area contributed by atoms with Crippen LogP contribution in [0.1, 0.15) is 23.3 Å². The molecule has 2 aliphatic heterocycles. The Balaban J connectivity index is 1.21. The smallest absolute Gasteiger partial charge is 0.246 e. The number of piperazine rings is 1. The van der Waals surface area contributed by atoms with Crippen molar-refractivity contribution in [1.29, 1.82) is 0 Å². The average Bonchev–Trinajstić information content (AvgIpc) is 3.31. The highest BCUT2D eigenvalue weighted by atomic mass is 32.1. The van der Waals surface area contributed by atoms with E-state index < -0.39 is 0 Å². The van der Waals surface area contributed by atoms with Crippen molar-refractivity contribution >= 4 is 29.2 Å². The fourth-order valence-electron chi connectivity index (χ4n) is 4.19. The Hall–Kier alpha value is -2.44. The van der Waals surface area contributed by atoms with Crippen LogP contribution in [-0.4, -0.2) is 65.8 Å². The minimum Gasteiger partial charge on any atom is -0.340 e. The fourth-order valence-corrected chi connectivity index (χ4v) is 4.94. The van der Waals surface area contributed by atoms with Gasteiger partial charge >= 0.3 is 0 Å². The van der Waals surface area contributed by atoms with Crippen molar-refractivity contribution in [2.75, 3.05) is 39.3 Å². The molecule has 0 spiro atoms. The second kappa shape index (κ2) is 10.0. The van der Waals surface area contributed by atoms with Gasteiger partial charge in [-0.2, -0.15) is 0 Å². The number of amides is 2. The van der Waals surface area contributed by atoms with E-state index >= 15 is 0 Å². The minimum atomic E-state index is 0.0342. The highest BCUT2D eigenvalue weighted by molar-refractivity contribution is 7.09. The second-order valence-corrected chi connectivity index (χ2v) is 9.06. The number of likely N-dealkylation sites (tertiary alicyclic amines) is 1. The predicted octanol–water partition coefficient (Wildman–Crippen LogP) is 3.34. The third-order valence-corrected chi connectivity index (χ3v) is 6.88. The summed E-state index contributed by atoms with van der Waals surface area (Å²) in [7, 11) is 0. The van der Waals surface area contributed by atoms with Crippen molar-refractivity contribution in [1.82, 2.24) is 14.7 Å². The molecule has 1 aromatic heterocycles. The van der Waals surface area contributed by atoms with E-state index in [9.17, 15) is 9.59 Å². The van der Waals surface area contributed by atoms with Gasteiger partial charge < -0.3 is 9.80 Å². The van der Waals surface area contributed by atoms with Crippen LogP contribution in [-0.2, 0) is 16.1 Å². The lowest BCUT2D eigenvalue weighted by atomic mass is 9.95. The standard InChI is InChI=1S/C24H29N3O2S/c28-23(9-8-20-5-2-1-3-6-20)26-12-10-21(11-13-26)24(29)27-16-14-25(15-17-27)19-22-7-4-18-30-22/h1-9,18,21H,10-17,19H2. The lowest BCUT2D eigenvalue weighted by Crippen LogP contribution is -2.51. The topological polar surface area (TPSA) is 43.9 Å². The van der Waals surface area contributed by atoms with Crippen molar-refractivity contribution in [3.8, 4) is 0 Å². The van der Waals surface area contributed by atoms with Gasteiger partial charge in [0.25, 0.3) is 0 Å². The molecule has 2 amide bonds. The third kappa shape index (κ3) is 5.37. The summed E-state index contributed by atoms with van der Waals surface area (Å²) in [6.07, 6.45) is 5.03. The van der Waals surface area contributed by atoms with Crippen LogP contribution in [0.15, 0.2) is 53.9 Å². The largest absolute Gasteiger partial charge is 0.340 e. The molecule has 2 aromatic rings. The molecule has 0 saturated carbocycles. The molecule has 158 valence electrons. The number of benzene rings is 1. The molecule has 0 aliphatic carbocycles. The number of carbonyl (C=O) groups excluding carboxylic acids is 2. The molecule has 30 heavy (non-hydrogen) atoms. The van der Waals surface area contributed by atoms with Crippen molar-refractivity contribution in [2.24, 2.45) is 5.92 Å². The van der Waals surface area contributed by atoms with E-state index in [1.54, 1.807) is 17.4 Å². The maximum Gasteiger partial charge on any atom is 0.246 e.